The summed E-state index contributed by atoms with van der Waals surface area (Å²) in [4.78, 5) is 0. The molecule has 1 nitrogen and oxygen atoms in total. The van der Waals surface area contributed by atoms with Crippen LogP contribution in [-0.4, -0.2) is 18.8 Å². The van der Waals surface area contributed by atoms with Gasteiger partial charge in [-0.3, -0.25) is 0 Å². The van der Waals surface area contributed by atoms with Crippen LogP contribution in [0.2, 0.25) is 19.1 Å². The molecular weight excluding hydrogens is 192 g/mol. The van der Waals surface area contributed by atoms with Crippen LogP contribution in [0.1, 0.15) is 45.4 Å². The second-order valence-electron chi connectivity index (χ2n) is 3.82. The van der Waals surface area contributed by atoms with Gasteiger partial charge in [-0.2, -0.15) is 0 Å². The minimum atomic E-state index is -0.699. The zero-order chi connectivity index (χ0) is 9.94. The summed E-state index contributed by atoms with van der Waals surface area (Å²) in [5, 5.41) is 0. The highest BCUT2D eigenvalue weighted by molar-refractivity contribution is 6.56. The van der Waals surface area contributed by atoms with Gasteiger partial charge in [0, 0.05) is 0 Å². The Kier molecular flexibility index (Phi) is 10.8. The van der Waals surface area contributed by atoms with Crippen LogP contribution in [0.5, 0.6) is 0 Å². The Labute approximate surface area is 87.9 Å². The van der Waals surface area contributed by atoms with E-state index in [0.29, 0.717) is 0 Å². The number of hydrogen-bond donors (Lipinski definition) is 0. The van der Waals surface area contributed by atoms with E-state index < -0.39 is 9.04 Å². The standard InChI is InChI=1S/C10H26OSi2/c1-4-5-6-7-8-9-10-13(3)11-12-2/h13H,4-10,12H2,1-3H3. The molecule has 0 heterocycles. The first-order valence-electron chi connectivity index (χ1n) is 5.92. The van der Waals surface area contributed by atoms with E-state index in [1.165, 1.54) is 44.6 Å². The van der Waals surface area contributed by atoms with Crippen LogP contribution in [0.25, 0.3) is 0 Å². The fourth-order valence-electron chi connectivity index (χ4n) is 1.58. The molecule has 0 aliphatic heterocycles. The van der Waals surface area contributed by atoms with Gasteiger partial charge in [-0.25, -0.2) is 0 Å². The minimum Gasteiger partial charge on any atom is -0.463 e. The molecule has 0 N–H and O–H groups in total. The van der Waals surface area contributed by atoms with Crippen LogP contribution >= 0.6 is 0 Å². The summed E-state index contributed by atoms with van der Waals surface area (Å²) in [6, 6.07) is 1.41. The fourth-order valence-corrected chi connectivity index (χ4v) is 5.39. The van der Waals surface area contributed by atoms with Crippen molar-refractivity contribution in [3.63, 3.8) is 0 Å². The summed E-state index contributed by atoms with van der Waals surface area (Å²) in [6.45, 7) is 6.86. The first-order chi connectivity index (χ1) is 6.31. The molecule has 0 aliphatic carbocycles. The van der Waals surface area contributed by atoms with E-state index in [4.69, 9.17) is 4.12 Å². The number of hydrogen-bond acceptors (Lipinski definition) is 1. The number of unbranched alkanes of at least 4 members (excludes halogenated alkanes) is 5. The molecule has 1 unspecified atom stereocenters. The molecule has 3 heteroatoms. The monoisotopic (exact) mass is 218 g/mol. The van der Waals surface area contributed by atoms with Gasteiger partial charge in [-0.15, -0.1) is 0 Å². The molecule has 0 amide bonds. The molecule has 0 saturated carbocycles. The maximum Gasteiger partial charge on any atom is 0.159 e. The zero-order valence-corrected chi connectivity index (χ0v) is 12.2. The van der Waals surface area contributed by atoms with Crippen molar-refractivity contribution in [3.8, 4) is 0 Å². The second-order valence-corrected chi connectivity index (χ2v) is 7.93. The molecule has 13 heavy (non-hydrogen) atoms. The molecule has 1 atom stereocenters. The largest absolute Gasteiger partial charge is 0.463 e. The van der Waals surface area contributed by atoms with Crippen LogP contribution in [-0.2, 0) is 4.12 Å². The third-order valence-corrected chi connectivity index (χ3v) is 7.25. The van der Waals surface area contributed by atoms with E-state index >= 15 is 0 Å². The van der Waals surface area contributed by atoms with Crippen LogP contribution in [0.15, 0.2) is 0 Å². The predicted molar refractivity (Wildman–Crippen MR) is 66.7 cm³/mol. The average molecular weight is 218 g/mol. The van der Waals surface area contributed by atoms with Crippen LogP contribution in [0.3, 0.4) is 0 Å². The molecule has 80 valence electrons. The van der Waals surface area contributed by atoms with Gasteiger partial charge in [0.2, 0.25) is 0 Å². The molecule has 0 spiro atoms. The normalized spacial score (nSPS) is 14.1. The maximum absolute atomic E-state index is 5.75. The average Bonchev–Trinajstić information content (AvgIpc) is 2.11. The van der Waals surface area contributed by atoms with E-state index in [2.05, 4.69) is 20.0 Å². The zero-order valence-electron chi connectivity index (χ0n) is 9.64. The summed E-state index contributed by atoms with van der Waals surface area (Å²) in [5.74, 6) is 0. The van der Waals surface area contributed by atoms with E-state index in [0.717, 1.165) is 0 Å². The van der Waals surface area contributed by atoms with Gasteiger partial charge in [-0.05, 0) is 12.6 Å². The fraction of sp³-hybridized carbons (Fsp3) is 1.00. The number of rotatable bonds is 9. The highest BCUT2D eigenvalue weighted by Gasteiger charge is 2.01. The lowest BCUT2D eigenvalue weighted by molar-refractivity contribution is 0.589. The van der Waals surface area contributed by atoms with Crippen LogP contribution < -0.4 is 0 Å². The van der Waals surface area contributed by atoms with Crippen LogP contribution in [0, 0.1) is 0 Å². The SMILES string of the molecule is CCCCCCCC[SiH](C)O[SiH2]C. The van der Waals surface area contributed by atoms with E-state index in [1.54, 1.807) is 0 Å². The quantitative estimate of drug-likeness (QED) is 0.427. The van der Waals surface area contributed by atoms with Crippen molar-refractivity contribution in [1.82, 2.24) is 0 Å². The van der Waals surface area contributed by atoms with Gasteiger partial charge in [0.1, 0.15) is 9.76 Å². The maximum atomic E-state index is 5.75. The van der Waals surface area contributed by atoms with Crippen molar-refractivity contribution < 1.29 is 4.12 Å². The van der Waals surface area contributed by atoms with Gasteiger partial charge in [0.15, 0.2) is 9.04 Å². The predicted octanol–water partition coefficient (Wildman–Crippen LogP) is 2.85. The topological polar surface area (TPSA) is 9.23 Å². The molecule has 0 saturated heterocycles. The molecule has 0 fully saturated rings. The molecule has 0 aromatic heterocycles. The Morgan fingerprint density at radius 2 is 1.69 bits per heavy atom. The summed E-state index contributed by atoms with van der Waals surface area (Å²) in [5.41, 5.74) is 0. The smallest absolute Gasteiger partial charge is 0.159 e. The van der Waals surface area contributed by atoms with E-state index in [9.17, 15) is 0 Å². The first kappa shape index (κ1) is 13.4. The van der Waals surface area contributed by atoms with Gasteiger partial charge >= 0.3 is 0 Å². The third kappa shape index (κ3) is 10.3. The molecule has 0 aromatic rings. The van der Waals surface area contributed by atoms with Crippen molar-refractivity contribution in [2.75, 3.05) is 0 Å². The van der Waals surface area contributed by atoms with E-state index in [1.807, 2.05) is 0 Å². The van der Waals surface area contributed by atoms with Gasteiger partial charge < -0.3 is 4.12 Å². The highest BCUT2D eigenvalue weighted by atomic mass is 28.3. The van der Waals surface area contributed by atoms with Crippen molar-refractivity contribution in [2.45, 2.75) is 64.6 Å². The molecule has 0 rings (SSSR count). The van der Waals surface area contributed by atoms with Gasteiger partial charge in [0.05, 0.1) is 0 Å². The molecule has 0 aliphatic rings. The van der Waals surface area contributed by atoms with E-state index in [-0.39, 0.29) is 9.76 Å². The third-order valence-electron chi connectivity index (χ3n) is 2.42. The summed E-state index contributed by atoms with van der Waals surface area (Å²) in [7, 11) is -0.819. The molecule has 0 radical (unpaired) electrons. The van der Waals surface area contributed by atoms with Crippen molar-refractivity contribution in [2.24, 2.45) is 0 Å². The second kappa shape index (κ2) is 10.5. The van der Waals surface area contributed by atoms with Crippen LogP contribution in [0.4, 0.5) is 0 Å². The first-order valence-corrected chi connectivity index (χ1v) is 10.4. The Hall–Kier alpha value is 0.394. The Balaban J connectivity index is 2.97. The lowest BCUT2D eigenvalue weighted by atomic mass is 10.1. The van der Waals surface area contributed by atoms with Crippen molar-refractivity contribution in [1.29, 1.82) is 0 Å². The lowest BCUT2D eigenvalue weighted by Gasteiger charge is -2.09. The van der Waals surface area contributed by atoms with Gasteiger partial charge in [-0.1, -0.05) is 52.0 Å². The van der Waals surface area contributed by atoms with Crippen molar-refractivity contribution >= 4 is 18.8 Å². The Morgan fingerprint density at radius 3 is 2.31 bits per heavy atom. The van der Waals surface area contributed by atoms with Crippen molar-refractivity contribution in [3.05, 3.63) is 0 Å². The summed E-state index contributed by atoms with van der Waals surface area (Å²) >= 11 is 0. The molecule has 0 aromatic carbocycles. The summed E-state index contributed by atoms with van der Waals surface area (Å²) in [6.07, 6.45) is 8.52. The minimum absolute atomic E-state index is 0.119. The van der Waals surface area contributed by atoms with Gasteiger partial charge in [0.25, 0.3) is 0 Å². The highest BCUT2D eigenvalue weighted by Crippen LogP contribution is 2.09. The molecule has 0 bridgehead atoms. The Morgan fingerprint density at radius 1 is 1.08 bits per heavy atom. The Bertz CT molecular complexity index is 98.9. The lowest BCUT2D eigenvalue weighted by Crippen LogP contribution is -2.13. The summed E-state index contributed by atoms with van der Waals surface area (Å²) < 4.78 is 5.75. The molecular formula is C10H26OSi2.